The minimum Gasteiger partial charge on any atom is -0.444 e. The van der Waals surface area contributed by atoms with Crippen molar-refractivity contribution in [1.82, 2.24) is 25.8 Å². The van der Waals surface area contributed by atoms with Crippen molar-refractivity contribution < 1.29 is 37.0 Å². The molecule has 6 aromatic carbocycles. The third-order valence-electron chi connectivity index (χ3n) is 19.0. The minimum absolute atomic E-state index is 0.0198. The zero-order valence-corrected chi connectivity index (χ0v) is 53.9. The Bertz CT molecular complexity index is 3230. The fourth-order valence-corrected chi connectivity index (χ4v) is 13.0. The molecule has 3 unspecified atom stereocenters. The topological polar surface area (TPSA) is 138 Å². The summed E-state index contributed by atoms with van der Waals surface area (Å²) < 4.78 is 51.6. The number of nitrogens with zero attached hydrogens (tertiary/aromatic N) is 2. The smallest absolute Gasteiger partial charge is 0.410 e. The van der Waals surface area contributed by atoms with Gasteiger partial charge in [0.1, 0.15) is 28.7 Å². The summed E-state index contributed by atoms with van der Waals surface area (Å²) in [6.45, 7) is 17.5. The first-order chi connectivity index (χ1) is 43.2. The fourth-order valence-electron chi connectivity index (χ4n) is 13.0. The molecule has 0 heterocycles. The number of ether oxygens (including phenoxy) is 2. The summed E-state index contributed by atoms with van der Waals surface area (Å²) in [6, 6.07) is 52.5. The highest BCUT2D eigenvalue weighted by Gasteiger charge is 2.52. The third-order valence-corrected chi connectivity index (χ3v) is 19.0. The Morgan fingerprint density at radius 1 is 0.500 bits per heavy atom. The predicted octanol–water partition coefficient (Wildman–Crippen LogP) is 15.7. The van der Waals surface area contributed by atoms with Crippen LogP contribution in [-0.2, 0) is 22.6 Å². The maximum absolute atomic E-state index is 14.0. The first-order valence-corrected chi connectivity index (χ1v) is 32.9. The maximum Gasteiger partial charge on any atom is 0.410 e. The molecule has 14 heteroatoms. The van der Waals surface area contributed by atoms with E-state index >= 15 is 0 Å². The summed E-state index contributed by atoms with van der Waals surface area (Å²) in [5.74, 6) is 0.722. The highest BCUT2D eigenvalue weighted by Crippen LogP contribution is 2.51. The molecule has 482 valence electrons. The number of aldehydes is 1. The van der Waals surface area contributed by atoms with Crippen LogP contribution in [0.25, 0.3) is 0 Å². The van der Waals surface area contributed by atoms with Crippen LogP contribution in [0.3, 0.4) is 0 Å². The minimum atomic E-state index is -0.525. The van der Waals surface area contributed by atoms with Crippen LogP contribution in [-0.4, -0.2) is 96.9 Å². The van der Waals surface area contributed by atoms with Crippen molar-refractivity contribution in [3.05, 3.63) is 215 Å². The average Bonchev–Trinajstić information content (AvgIpc) is 1.70. The van der Waals surface area contributed by atoms with Gasteiger partial charge in [-0.3, -0.25) is 4.79 Å². The summed E-state index contributed by atoms with van der Waals surface area (Å²) in [5.41, 5.74) is 11.1. The number of carbonyl (C=O) groups excluding carboxylic acids is 3. The molecular formula is C76H97F3N6O5. The molecule has 6 aromatic rings. The number of amides is 2. The lowest BCUT2D eigenvalue weighted by Crippen LogP contribution is -2.51. The van der Waals surface area contributed by atoms with Gasteiger partial charge in [0.05, 0.1) is 5.56 Å². The van der Waals surface area contributed by atoms with Crippen LogP contribution >= 0.6 is 0 Å². The summed E-state index contributed by atoms with van der Waals surface area (Å²) in [6.07, 6.45) is 13.9. The average molecular weight is 1230 g/mol. The van der Waals surface area contributed by atoms with Gasteiger partial charge in [-0.2, -0.15) is 0 Å². The van der Waals surface area contributed by atoms with E-state index < -0.39 is 17.0 Å². The third kappa shape index (κ3) is 19.1. The second-order valence-corrected chi connectivity index (χ2v) is 28.4. The van der Waals surface area contributed by atoms with Crippen molar-refractivity contribution >= 4 is 18.5 Å². The van der Waals surface area contributed by atoms with Crippen LogP contribution in [0.1, 0.15) is 175 Å². The quantitative estimate of drug-likeness (QED) is 0.0490. The number of hydrogen-bond acceptors (Lipinski definition) is 9. The second-order valence-electron chi connectivity index (χ2n) is 28.4. The zero-order valence-electron chi connectivity index (χ0n) is 53.9. The van der Waals surface area contributed by atoms with Gasteiger partial charge in [-0.05, 0) is 152 Å². The molecule has 6 saturated carbocycles. The normalized spacial score (nSPS) is 21.8. The molecule has 6 aliphatic rings. The Morgan fingerprint density at radius 3 is 1.24 bits per heavy atom. The molecule has 0 saturated heterocycles. The van der Waals surface area contributed by atoms with Gasteiger partial charge in [-0.15, -0.1) is 0 Å². The van der Waals surface area contributed by atoms with Gasteiger partial charge >= 0.3 is 12.2 Å². The molecule has 0 aromatic heterocycles. The van der Waals surface area contributed by atoms with Crippen molar-refractivity contribution in [3.8, 4) is 0 Å². The van der Waals surface area contributed by atoms with E-state index in [0.717, 1.165) is 76.7 Å². The second kappa shape index (κ2) is 30.5. The summed E-state index contributed by atoms with van der Waals surface area (Å²) in [5, 5.41) is 10.7. The lowest BCUT2D eigenvalue weighted by molar-refractivity contribution is 0.000815. The summed E-state index contributed by atoms with van der Waals surface area (Å²) in [7, 11) is 0. The molecule has 5 N–H and O–H groups in total. The molecule has 90 heavy (non-hydrogen) atoms. The Balaban J connectivity index is 0.000000151. The first kappa shape index (κ1) is 67.6. The van der Waals surface area contributed by atoms with Crippen molar-refractivity contribution in [1.29, 1.82) is 0 Å². The van der Waals surface area contributed by atoms with Crippen molar-refractivity contribution in [2.45, 2.75) is 179 Å². The Labute approximate surface area is 533 Å². The van der Waals surface area contributed by atoms with Gasteiger partial charge in [0, 0.05) is 104 Å². The molecule has 2 amide bonds. The number of benzene rings is 6. The van der Waals surface area contributed by atoms with Gasteiger partial charge in [0.2, 0.25) is 0 Å². The number of hydrogen-bond donors (Lipinski definition) is 4. The highest BCUT2D eigenvalue weighted by molar-refractivity contribution is 5.75. The summed E-state index contributed by atoms with van der Waals surface area (Å²) in [4.78, 5) is 40.0. The number of nitrogens with two attached hydrogens (primary N) is 1. The number of rotatable bonds is 22. The van der Waals surface area contributed by atoms with Crippen LogP contribution in [0.5, 0.6) is 0 Å². The van der Waals surface area contributed by atoms with Gasteiger partial charge in [-0.25, -0.2) is 22.8 Å². The first-order valence-electron chi connectivity index (χ1n) is 32.9. The number of carbonyl (C=O) groups is 3. The van der Waals surface area contributed by atoms with E-state index in [-0.39, 0.29) is 52.3 Å². The molecule has 11 nitrogen and oxygen atoms in total. The molecule has 0 bridgehead atoms. The van der Waals surface area contributed by atoms with E-state index in [0.29, 0.717) is 67.2 Å². The van der Waals surface area contributed by atoms with Crippen LogP contribution in [0.15, 0.2) is 164 Å². The van der Waals surface area contributed by atoms with Gasteiger partial charge in [0.15, 0.2) is 6.29 Å². The van der Waals surface area contributed by atoms with E-state index in [9.17, 15) is 27.6 Å². The van der Waals surface area contributed by atoms with E-state index in [1.807, 2.05) is 87.7 Å². The van der Waals surface area contributed by atoms with Gasteiger partial charge in [-0.1, -0.05) is 159 Å². The molecule has 0 spiro atoms. The Morgan fingerprint density at radius 2 is 0.878 bits per heavy atom. The standard InChI is InChI=1S/C27H35FN2O2.C22H27FN2.C20H30N2O2.C7H5FO/c1-26(2,3)32-25(31)30(24-16-22(24)20-10-5-4-6-11-20)19-27(14-9-15-27)18-29-17-21-12-7-8-13-23(21)28;23-20-10-5-4-9-18(20)14-24-15-22(11-6-12-22)16-25-21-13-19(21)17-7-2-1-3-8-17;1-19(2,3)24-18(23)22(14-20(13-21)10-7-11-20)17-12-16(17)15-8-5-4-6-9-15;8-7-4-2-1-3-6(7)5-9/h4-8,10-13,22,24,29H,9,14-19H2,1-3H3;1-5,7-10,19,21,24-25H,6,11-16H2;4-6,8-9,16-17H,7,10-14,21H2,1-3H3;1-5H/t22?,24-;19?,21-;16?,17-;/m000./s1. The molecule has 0 aliphatic heterocycles. The fraction of sp³-hybridized carbons (Fsp3) is 0.487. The Kier molecular flexibility index (Phi) is 22.9. The number of nitrogens with one attached hydrogen (secondary N) is 3. The summed E-state index contributed by atoms with van der Waals surface area (Å²) >= 11 is 0. The largest absolute Gasteiger partial charge is 0.444 e. The molecule has 6 aliphatic carbocycles. The van der Waals surface area contributed by atoms with E-state index in [2.05, 4.69) is 94.8 Å². The van der Waals surface area contributed by atoms with Crippen molar-refractivity contribution in [3.63, 3.8) is 0 Å². The molecule has 6 atom stereocenters. The van der Waals surface area contributed by atoms with E-state index in [1.165, 1.54) is 73.1 Å². The molecule has 6 fully saturated rings. The highest BCUT2D eigenvalue weighted by atomic mass is 19.1. The Hall–Kier alpha value is -6.84. The van der Waals surface area contributed by atoms with Crippen LogP contribution in [0, 0.1) is 33.7 Å². The molecular weight excluding hydrogens is 1130 g/mol. The predicted molar refractivity (Wildman–Crippen MR) is 353 cm³/mol. The van der Waals surface area contributed by atoms with Crippen molar-refractivity contribution in [2.75, 3.05) is 39.3 Å². The maximum atomic E-state index is 14.0. The number of halogens is 3. The zero-order chi connectivity index (χ0) is 63.9. The monoisotopic (exact) mass is 1230 g/mol. The molecule has 12 rings (SSSR count). The van der Waals surface area contributed by atoms with Gasteiger partial charge in [0.25, 0.3) is 0 Å². The lowest BCUT2D eigenvalue weighted by Gasteiger charge is -2.45. The van der Waals surface area contributed by atoms with Crippen LogP contribution in [0.4, 0.5) is 22.8 Å². The lowest BCUT2D eigenvalue weighted by atomic mass is 9.68. The van der Waals surface area contributed by atoms with Crippen LogP contribution in [0.2, 0.25) is 0 Å². The SMILES string of the molecule is CC(C)(C)OC(=O)N(CC1(CN)CCC1)[C@H]1CC1c1ccccc1.CC(C)(C)OC(=O)N(CC1(CNCc2ccccc2F)CCC1)[C@H]1CC1c1ccccc1.Fc1ccccc1CNCC1(CN[C@H]2CC2c2ccccc2)CCC1.O=Cc1ccccc1F. The van der Waals surface area contributed by atoms with Gasteiger partial charge < -0.3 is 41.0 Å². The molecule has 0 radical (unpaired) electrons. The van der Waals surface area contributed by atoms with Crippen LogP contribution < -0.4 is 21.7 Å². The van der Waals surface area contributed by atoms with E-state index in [1.54, 1.807) is 24.3 Å². The van der Waals surface area contributed by atoms with Crippen molar-refractivity contribution in [2.24, 2.45) is 22.0 Å². The van der Waals surface area contributed by atoms with E-state index in [4.69, 9.17) is 15.2 Å².